The van der Waals surface area contributed by atoms with Gasteiger partial charge in [0.05, 0.1) is 35.6 Å². The van der Waals surface area contributed by atoms with Crippen LogP contribution in [0.3, 0.4) is 0 Å². The fraction of sp³-hybridized carbons (Fsp3) is 0.612. The summed E-state index contributed by atoms with van der Waals surface area (Å²) in [6.45, 7) is 18.3. The molecule has 1 unspecified atom stereocenters. The molecule has 4 aliphatic rings. The highest BCUT2D eigenvalue weighted by Crippen LogP contribution is 2.64. The van der Waals surface area contributed by atoms with E-state index in [0.29, 0.717) is 23.7 Å². The maximum atomic E-state index is 15.2. The van der Waals surface area contributed by atoms with E-state index in [4.69, 9.17) is 28.1 Å². The molecule has 0 aromatic heterocycles. The van der Waals surface area contributed by atoms with Crippen LogP contribution in [-0.2, 0) is 42.5 Å². The van der Waals surface area contributed by atoms with E-state index in [1.54, 1.807) is 90.1 Å². The van der Waals surface area contributed by atoms with Crippen LogP contribution in [0.2, 0.25) is 18.1 Å². The number of ketones is 1. The average molecular weight is 922 g/mol. The first-order valence-electron chi connectivity index (χ1n) is 22.7. The quantitative estimate of drug-likeness (QED) is 0.0753. The van der Waals surface area contributed by atoms with Gasteiger partial charge in [-0.2, -0.15) is 0 Å². The Kier molecular flexibility index (Phi) is 14.1. The molecule has 2 saturated carbocycles. The fourth-order valence-corrected chi connectivity index (χ4v) is 13.7. The number of nitrogens with one attached hydrogen (secondary N) is 1. The fourth-order valence-electron chi connectivity index (χ4n) is 10.9. The monoisotopic (exact) mass is 921 g/mol. The Morgan fingerprint density at radius 1 is 0.923 bits per heavy atom. The number of amides is 1. The topological polar surface area (TPSA) is 213 Å². The maximum Gasteiger partial charge on any atom is 0.408 e. The highest BCUT2D eigenvalue weighted by atomic mass is 28.4. The molecular formula is C49H67NO14Si. The number of esters is 3. The van der Waals surface area contributed by atoms with Gasteiger partial charge in [-0.3, -0.25) is 9.59 Å². The lowest BCUT2D eigenvalue weighted by Gasteiger charge is -2.67. The molecule has 15 nitrogen and oxygen atoms in total. The van der Waals surface area contributed by atoms with Crippen molar-refractivity contribution in [1.29, 1.82) is 0 Å². The number of carbonyl (C=O) groups is 5. The second-order valence-corrected chi connectivity index (χ2v) is 24.6. The Hall–Kier alpha value is -4.45. The minimum Gasteiger partial charge on any atom is -0.456 e. The Morgan fingerprint density at radius 2 is 1.51 bits per heavy atom. The minimum absolute atomic E-state index is 0.00133. The van der Waals surface area contributed by atoms with E-state index in [9.17, 15) is 29.7 Å². The zero-order valence-electron chi connectivity index (χ0n) is 39.5. The number of hydrogen-bond donors (Lipinski definition) is 4. The van der Waals surface area contributed by atoms with Crippen LogP contribution in [0.25, 0.3) is 0 Å². The van der Waals surface area contributed by atoms with Gasteiger partial charge in [-0.1, -0.05) is 83.1 Å². The van der Waals surface area contributed by atoms with Crippen molar-refractivity contribution in [2.75, 3.05) is 6.61 Å². The summed E-state index contributed by atoms with van der Waals surface area (Å²) in [4.78, 5) is 71.4. The Labute approximate surface area is 382 Å². The Morgan fingerprint density at radius 3 is 2.03 bits per heavy atom. The number of hydrogen-bond acceptors (Lipinski definition) is 14. The summed E-state index contributed by atoms with van der Waals surface area (Å²) in [6, 6.07) is 17.6. The van der Waals surface area contributed by atoms with Gasteiger partial charge in [0.1, 0.15) is 35.6 Å². The number of ether oxygens (including phenoxy) is 5. The number of benzene rings is 2. The standard InChI is InChI=1S/C49H67NO14Si/c1-12-65(13-2,14-3)64-38(36(30-21-17-15-18-22-30)50-44(57)63-45(6,7)8)43(56)60-32-26-49(58)41(61-42(55)31-23-19-16-20-24-31)39-47(11,40(54)37(53)35(28(32)4)46(49,9)10)33(52)25-34-48(39,27-59-34)62-29(5)51/h15-24,32-34,36-39,41,52-53,58H,12-14,25-27H2,1-11H3,(H,50,57)/t32-,33-,34+,36-,37+,38+,39?,41-,47+,48-,49+/m0/s1. The predicted molar refractivity (Wildman–Crippen MR) is 240 cm³/mol. The third-order valence-corrected chi connectivity index (χ3v) is 19.5. The van der Waals surface area contributed by atoms with Crippen molar-refractivity contribution >= 4 is 38.1 Å². The number of Topliss-reactive ketones (excluding diaryl/α,β-unsaturated/α-hetero) is 1. The van der Waals surface area contributed by atoms with E-state index in [2.05, 4.69) is 5.32 Å². The van der Waals surface area contributed by atoms with Crippen LogP contribution in [-0.4, -0.2) is 113 Å². The van der Waals surface area contributed by atoms with E-state index in [0.717, 1.165) is 0 Å². The first-order chi connectivity index (χ1) is 30.4. The number of rotatable bonds is 13. The van der Waals surface area contributed by atoms with E-state index < -0.39 is 121 Å². The van der Waals surface area contributed by atoms with Gasteiger partial charge in [-0.25, -0.2) is 14.4 Å². The van der Waals surface area contributed by atoms with E-state index >= 15 is 9.59 Å². The SMILES string of the molecule is CC[Si](CC)(CC)O[C@@H](C(=O)O[C@H]1C[C@@]2(O)[C@@H](OC(=O)c3ccccc3)C3[C@](C)(C(=O)[C@H](O)C(=C1C)C2(C)C)[C@@H](O)C[C@H]1OC[C@@]31OC(C)=O)[C@@H](NC(=O)OC(C)(C)C)c1ccccc1. The summed E-state index contributed by atoms with van der Waals surface area (Å²) in [6.07, 6.45) is -10.5. The molecule has 6 rings (SSSR count). The summed E-state index contributed by atoms with van der Waals surface area (Å²) in [5.74, 6) is -4.92. The van der Waals surface area contributed by atoms with Gasteiger partial charge in [0.2, 0.25) is 0 Å². The maximum absolute atomic E-state index is 15.2. The summed E-state index contributed by atoms with van der Waals surface area (Å²) < 4.78 is 37.6. The van der Waals surface area contributed by atoms with Crippen LogP contribution in [0.5, 0.6) is 0 Å². The molecule has 0 spiro atoms. The predicted octanol–water partition coefficient (Wildman–Crippen LogP) is 6.29. The van der Waals surface area contributed by atoms with Gasteiger partial charge in [0.15, 0.2) is 25.8 Å². The van der Waals surface area contributed by atoms with Gasteiger partial charge in [-0.05, 0) is 81.6 Å². The molecule has 16 heteroatoms. The molecule has 356 valence electrons. The van der Waals surface area contributed by atoms with Crippen molar-refractivity contribution in [3.8, 4) is 0 Å². The molecule has 1 aliphatic heterocycles. The summed E-state index contributed by atoms with van der Waals surface area (Å²) in [7, 11) is -2.71. The molecule has 2 bridgehead atoms. The molecule has 2 aromatic rings. The van der Waals surface area contributed by atoms with Gasteiger partial charge >= 0.3 is 24.0 Å². The smallest absolute Gasteiger partial charge is 0.408 e. The number of alkyl carbamates (subject to hydrolysis) is 1. The highest BCUT2D eigenvalue weighted by Gasteiger charge is 2.78. The van der Waals surface area contributed by atoms with Crippen LogP contribution in [0.15, 0.2) is 71.8 Å². The summed E-state index contributed by atoms with van der Waals surface area (Å²) >= 11 is 0. The lowest BCUT2D eigenvalue weighted by atomic mass is 9.44. The highest BCUT2D eigenvalue weighted by molar-refractivity contribution is 6.73. The lowest BCUT2D eigenvalue weighted by molar-refractivity contribution is -0.346. The minimum atomic E-state index is -2.71. The third kappa shape index (κ3) is 8.82. The van der Waals surface area contributed by atoms with Crippen molar-refractivity contribution in [3.63, 3.8) is 0 Å². The van der Waals surface area contributed by atoms with E-state index in [1.165, 1.54) is 26.0 Å². The molecule has 3 fully saturated rings. The number of aliphatic hydroxyl groups is 3. The molecule has 0 radical (unpaired) electrons. The molecule has 3 aliphatic carbocycles. The molecule has 1 heterocycles. The zero-order valence-corrected chi connectivity index (χ0v) is 40.5. The molecule has 1 saturated heterocycles. The van der Waals surface area contributed by atoms with Crippen molar-refractivity contribution in [3.05, 3.63) is 82.9 Å². The largest absolute Gasteiger partial charge is 0.456 e. The summed E-state index contributed by atoms with van der Waals surface area (Å²) in [5.41, 5.74) is -7.68. The van der Waals surface area contributed by atoms with Crippen LogP contribution in [0.1, 0.15) is 111 Å². The molecular weight excluding hydrogens is 855 g/mol. The van der Waals surface area contributed by atoms with Crippen LogP contribution in [0, 0.1) is 16.7 Å². The zero-order chi connectivity index (χ0) is 48.1. The van der Waals surface area contributed by atoms with Gasteiger partial charge in [-0.15, -0.1) is 0 Å². The first-order valence-corrected chi connectivity index (χ1v) is 25.2. The van der Waals surface area contributed by atoms with E-state index in [1.807, 2.05) is 20.8 Å². The van der Waals surface area contributed by atoms with Crippen molar-refractivity contribution in [2.45, 2.75) is 167 Å². The normalized spacial score (nSPS) is 31.6. The van der Waals surface area contributed by atoms with Crippen LogP contribution < -0.4 is 5.32 Å². The molecule has 4 N–H and O–H groups in total. The Balaban J connectivity index is 1.55. The first kappa shape index (κ1) is 50.0. The summed E-state index contributed by atoms with van der Waals surface area (Å²) in [5, 5.41) is 41.1. The van der Waals surface area contributed by atoms with Gasteiger partial charge in [0.25, 0.3) is 0 Å². The number of aliphatic hydroxyl groups excluding tert-OH is 2. The number of carbonyl (C=O) groups excluding carboxylic acids is 5. The van der Waals surface area contributed by atoms with Crippen molar-refractivity contribution in [2.24, 2.45) is 16.7 Å². The van der Waals surface area contributed by atoms with E-state index in [-0.39, 0.29) is 29.7 Å². The van der Waals surface area contributed by atoms with Crippen molar-refractivity contribution < 1.29 is 67.4 Å². The second kappa shape index (κ2) is 18.3. The lowest BCUT2D eigenvalue weighted by Crippen LogP contribution is -2.81. The van der Waals surface area contributed by atoms with Gasteiger partial charge in [0, 0.05) is 25.2 Å². The third-order valence-electron chi connectivity index (χ3n) is 14.9. The molecule has 2 aromatic carbocycles. The molecule has 11 atom stereocenters. The van der Waals surface area contributed by atoms with Gasteiger partial charge < -0.3 is 48.7 Å². The molecule has 65 heavy (non-hydrogen) atoms. The van der Waals surface area contributed by atoms with Crippen molar-refractivity contribution in [1.82, 2.24) is 5.32 Å². The Bertz CT molecular complexity index is 2140. The molecule has 1 amide bonds. The van der Waals surface area contributed by atoms with Crippen LogP contribution >= 0.6 is 0 Å². The number of fused-ring (bicyclic) bond motifs is 5. The van der Waals surface area contributed by atoms with Crippen LogP contribution in [0.4, 0.5) is 4.79 Å². The second-order valence-electron chi connectivity index (χ2n) is 19.9. The average Bonchev–Trinajstić information content (AvgIpc) is 3.24.